The number of aliphatic carboxylic acids is 1. The van der Waals surface area contributed by atoms with E-state index in [1.807, 2.05) is 0 Å². The standard InChI is InChI=1S/C14H14N2O5S/c1-16-11(17)7-10(12(18)19)22-14(16)15-9-5-3-8(4-6-9)13(20)21-2/h3-6,10H,7H2,1-2H3,(H,18,19)/p-1/t10-/m0/s1. The van der Waals surface area contributed by atoms with Crippen LogP contribution in [0.25, 0.3) is 0 Å². The molecule has 1 heterocycles. The van der Waals surface area contributed by atoms with Crippen LogP contribution in [0.5, 0.6) is 0 Å². The molecule has 8 heteroatoms. The number of ether oxygens (including phenoxy) is 1. The first-order valence-electron chi connectivity index (χ1n) is 6.33. The molecule has 0 aliphatic carbocycles. The van der Waals surface area contributed by atoms with E-state index in [0.29, 0.717) is 11.3 Å². The molecule has 0 radical (unpaired) electrons. The molecule has 0 bridgehead atoms. The molecule has 0 unspecified atom stereocenters. The highest BCUT2D eigenvalue weighted by Crippen LogP contribution is 2.27. The Morgan fingerprint density at radius 1 is 1.36 bits per heavy atom. The van der Waals surface area contributed by atoms with Crippen LogP contribution < -0.4 is 5.11 Å². The predicted molar refractivity (Wildman–Crippen MR) is 78.6 cm³/mol. The monoisotopic (exact) mass is 321 g/mol. The van der Waals surface area contributed by atoms with Crippen molar-refractivity contribution in [3.8, 4) is 0 Å². The number of carbonyl (C=O) groups excluding carboxylic acids is 3. The average molecular weight is 321 g/mol. The molecule has 7 nitrogen and oxygen atoms in total. The first kappa shape index (κ1) is 16.0. The Bertz CT molecular complexity index is 641. The van der Waals surface area contributed by atoms with E-state index in [9.17, 15) is 19.5 Å². The van der Waals surface area contributed by atoms with Crippen LogP contribution in [0, 0.1) is 0 Å². The quantitative estimate of drug-likeness (QED) is 0.736. The highest BCUT2D eigenvalue weighted by atomic mass is 32.2. The maximum absolute atomic E-state index is 11.8. The van der Waals surface area contributed by atoms with Gasteiger partial charge in [-0.2, -0.15) is 0 Å². The van der Waals surface area contributed by atoms with Gasteiger partial charge in [-0.05, 0) is 24.3 Å². The largest absolute Gasteiger partial charge is 0.549 e. The number of nitrogens with zero attached hydrogens (tertiary/aromatic N) is 2. The lowest BCUT2D eigenvalue weighted by Crippen LogP contribution is -2.45. The van der Waals surface area contributed by atoms with Gasteiger partial charge in [-0.25, -0.2) is 9.79 Å². The first-order valence-corrected chi connectivity index (χ1v) is 7.21. The van der Waals surface area contributed by atoms with Crippen LogP contribution in [0.2, 0.25) is 0 Å². The number of thioether (sulfide) groups is 1. The maximum Gasteiger partial charge on any atom is 0.337 e. The summed E-state index contributed by atoms with van der Waals surface area (Å²) in [7, 11) is 2.82. The number of hydrogen-bond acceptors (Lipinski definition) is 7. The Balaban J connectivity index is 2.24. The third-order valence-corrected chi connectivity index (χ3v) is 4.26. The van der Waals surface area contributed by atoms with Crippen molar-refractivity contribution in [2.75, 3.05) is 14.2 Å². The number of hydrogen-bond donors (Lipinski definition) is 0. The number of rotatable bonds is 3. The summed E-state index contributed by atoms with van der Waals surface area (Å²) in [4.78, 5) is 39.6. The van der Waals surface area contributed by atoms with Gasteiger partial charge < -0.3 is 14.6 Å². The van der Waals surface area contributed by atoms with Crippen molar-refractivity contribution in [1.82, 2.24) is 4.90 Å². The molecule has 2 rings (SSSR count). The second-order valence-electron chi connectivity index (χ2n) is 4.52. The lowest BCUT2D eigenvalue weighted by atomic mass is 10.2. The van der Waals surface area contributed by atoms with Gasteiger partial charge in [0.1, 0.15) is 0 Å². The van der Waals surface area contributed by atoms with Crippen LogP contribution in [0.3, 0.4) is 0 Å². The number of carboxylic acid groups (broad SMARTS) is 1. The molecular formula is C14H13N2O5S-. The van der Waals surface area contributed by atoms with Crippen molar-refractivity contribution in [3.63, 3.8) is 0 Å². The number of carboxylic acids is 1. The number of amides is 1. The van der Waals surface area contributed by atoms with Crippen LogP contribution in [-0.2, 0) is 14.3 Å². The summed E-state index contributed by atoms with van der Waals surface area (Å²) in [6.07, 6.45) is -0.121. The molecule has 0 saturated carbocycles. The number of aliphatic imine (C=N–C) groups is 1. The van der Waals surface area contributed by atoms with Gasteiger partial charge >= 0.3 is 5.97 Å². The third-order valence-electron chi connectivity index (χ3n) is 3.04. The summed E-state index contributed by atoms with van der Waals surface area (Å²) in [5, 5.41) is 10.3. The number of amidine groups is 1. The topological polar surface area (TPSA) is 99.1 Å². The molecular weight excluding hydrogens is 308 g/mol. The molecule has 1 aliphatic rings. The van der Waals surface area contributed by atoms with E-state index in [1.54, 1.807) is 12.1 Å². The fraction of sp³-hybridized carbons (Fsp3) is 0.286. The van der Waals surface area contributed by atoms with Crippen LogP contribution >= 0.6 is 11.8 Å². The Hall–Kier alpha value is -2.35. The molecule has 0 aromatic heterocycles. The van der Waals surface area contributed by atoms with Gasteiger partial charge in [0.05, 0.1) is 29.6 Å². The predicted octanol–water partition coefficient (Wildman–Crippen LogP) is 0.174. The second kappa shape index (κ2) is 6.61. The summed E-state index contributed by atoms with van der Waals surface area (Å²) in [6.45, 7) is 0. The average Bonchev–Trinajstić information content (AvgIpc) is 2.51. The number of esters is 1. The van der Waals surface area contributed by atoms with E-state index in [1.165, 1.54) is 31.2 Å². The first-order chi connectivity index (χ1) is 10.4. The molecule has 1 atom stereocenters. The van der Waals surface area contributed by atoms with Crippen LogP contribution in [0.15, 0.2) is 29.3 Å². The van der Waals surface area contributed by atoms with E-state index < -0.39 is 17.2 Å². The molecule has 1 saturated heterocycles. The summed E-state index contributed by atoms with van der Waals surface area (Å²) in [5.74, 6) is -2.09. The van der Waals surface area contributed by atoms with Crippen molar-refractivity contribution >= 4 is 40.5 Å². The Morgan fingerprint density at radius 3 is 2.55 bits per heavy atom. The Morgan fingerprint density at radius 2 is 2.00 bits per heavy atom. The molecule has 0 spiro atoms. The molecule has 1 aromatic carbocycles. The highest BCUT2D eigenvalue weighted by Gasteiger charge is 2.30. The summed E-state index contributed by atoms with van der Waals surface area (Å²) < 4.78 is 4.59. The SMILES string of the molecule is COC(=O)c1ccc(N=C2S[C@H](C(=O)[O-])CC(=O)N2C)cc1. The van der Waals surface area contributed by atoms with Crippen LogP contribution in [-0.4, -0.2) is 47.3 Å². The minimum Gasteiger partial charge on any atom is -0.549 e. The fourth-order valence-corrected chi connectivity index (χ4v) is 2.78. The summed E-state index contributed by atoms with van der Waals surface area (Å²) in [6, 6.07) is 6.25. The molecule has 116 valence electrons. The van der Waals surface area contributed by atoms with Gasteiger partial charge in [-0.1, -0.05) is 11.8 Å². The molecule has 0 N–H and O–H groups in total. The number of benzene rings is 1. The van der Waals surface area contributed by atoms with Gasteiger partial charge in [-0.3, -0.25) is 9.69 Å². The molecule has 1 aliphatic heterocycles. The minimum atomic E-state index is -1.29. The van der Waals surface area contributed by atoms with E-state index in [2.05, 4.69) is 9.73 Å². The molecule has 1 fully saturated rings. The van der Waals surface area contributed by atoms with Crippen molar-refractivity contribution in [1.29, 1.82) is 0 Å². The number of carbonyl (C=O) groups is 3. The zero-order chi connectivity index (χ0) is 16.3. The molecule has 1 aromatic rings. The van der Waals surface area contributed by atoms with E-state index >= 15 is 0 Å². The number of methoxy groups -OCH3 is 1. The van der Waals surface area contributed by atoms with Crippen molar-refractivity contribution in [2.45, 2.75) is 11.7 Å². The van der Waals surface area contributed by atoms with E-state index in [0.717, 1.165) is 11.8 Å². The zero-order valence-electron chi connectivity index (χ0n) is 11.9. The second-order valence-corrected chi connectivity index (χ2v) is 5.69. The van der Waals surface area contributed by atoms with Gasteiger partial charge in [0.2, 0.25) is 5.91 Å². The van der Waals surface area contributed by atoms with Crippen molar-refractivity contribution in [2.24, 2.45) is 4.99 Å². The van der Waals surface area contributed by atoms with Crippen molar-refractivity contribution < 1.29 is 24.2 Å². The minimum absolute atomic E-state index is 0.121. The van der Waals surface area contributed by atoms with Crippen LogP contribution in [0.4, 0.5) is 5.69 Å². The zero-order valence-corrected chi connectivity index (χ0v) is 12.8. The smallest absolute Gasteiger partial charge is 0.337 e. The summed E-state index contributed by atoms with van der Waals surface area (Å²) >= 11 is 0.963. The normalized spacial score (nSPS) is 20.1. The van der Waals surface area contributed by atoms with E-state index in [-0.39, 0.29) is 17.5 Å². The lowest BCUT2D eigenvalue weighted by Gasteiger charge is -2.29. The van der Waals surface area contributed by atoms with Gasteiger partial charge in [0, 0.05) is 13.5 Å². The Kier molecular flexibility index (Phi) is 4.81. The summed E-state index contributed by atoms with van der Waals surface area (Å²) in [5.41, 5.74) is 0.869. The van der Waals surface area contributed by atoms with Crippen molar-refractivity contribution in [3.05, 3.63) is 29.8 Å². The van der Waals surface area contributed by atoms with Gasteiger partial charge in [0.15, 0.2) is 5.17 Å². The maximum atomic E-state index is 11.8. The highest BCUT2D eigenvalue weighted by molar-refractivity contribution is 8.15. The fourth-order valence-electron chi connectivity index (χ4n) is 1.78. The van der Waals surface area contributed by atoms with Gasteiger partial charge in [0.25, 0.3) is 0 Å². The Labute approximate surface area is 131 Å². The molecule has 22 heavy (non-hydrogen) atoms. The lowest BCUT2D eigenvalue weighted by molar-refractivity contribution is -0.304. The van der Waals surface area contributed by atoms with Gasteiger partial charge in [-0.15, -0.1) is 0 Å². The third kappa shape index (κ3) is 3.45. The van der Waals surface area contributed by atoms with E-state index in [4.69, 9.17) is 0 Å². The van der Waals surface area contributed by atoms with Crippen LogP contribution in [0.1, 0.15) is 16.8 Å². The molecule has 1 amide bonds.